The quantitative estimate of drug-likeness (QED) is 0.637. The molecule has 1 heteroatoms. The highest BCUT2D eigenvalue weighted by atomic mass is 16.5. The molecule has 0 atom stereocenters. The third kappa shape index (κ3) is 3.05. The first kappa shape index (κ1) is 13.4. The summed E-state index contributed by atoms with van der Waals surface area (Å²) < 4.78 is 6.72. The van der Waals surface area contributed by atoms with Crippen molar-refractivity contribution in [1.29, 1.82) is 0 Å². The highest BCUT2D eigenvalue weighted by Gasteiger charge is 2.48. The van der Waals surface area contributed by atoms with Crippen LogP contribution in [0.3, 0.4) is 0 Å². The lowest BCUT2D eigenvalue weighted by Crippen LogP contribution is -2.53. The molecule has 0 heterocycles. The van der Waals surface area contributed by atoms with Crippen molar-refractivity contribution in [3.8, 4) is 0 Å². The topological polar surface area (TPSA) is 9.23 Å². The summed E-state index contributed by atoms with van der Waals surface area (Å²) in [6, 6.07) is 0. The summed E-state index contributed by atoms with van der Waals surface area (Å²) in [6.07, 6.45) is 10.5. The largest absolute Gasteiger partial charge is 0.369 e. The third-order valence-corrected chi connectivity index (χ3v) is 4.52. The van der Waals surface area contributed by atoms with Gasteiger partial charge in [-0.3, -0.25) is 0 Å². The lowest BCUT2D eigenvalue weighted by molar-refractivity contribution is -0.232. The molecule has 0 bridgehead atoms. The molecular formula is C16H30O. The molecule has 17 heavy (non-hydrogen) atoms. The van der Waals surface area contributed by atoms with Gasteiger partial charge in [-0.2, -0.15) is 0 Å². The Morgan fingerprint density at radius 3 is 1.29 bits per heavy atom. The third-order valence-electron chi connectivity index (χ3n) is 4.52. The van der Waals surface area contributed by atoms with E-state index in [1.807, 2.05) is 0 Å². The van der Waals surface area contributed by atoms with Crippen LogP contribution in [-0.4, -0.2) is 11.2 Å². The van der Waals surface area contributed by atoms with Crippen molar-refractivity contribution in [2.45, 2.75) is 90.3 Å². The molecule has 0 unspecified atom stereocenters. The van der Waals surface area contributed by atoms with Crippen LogP contribution in [0, 0.1) is 11.8 Å². The fourth-order valence-electron chi connectivity index (χ4n) is 3.79. The Bertz CT molecular complexity index is 220. The second kappa shape index (κ2) is 4.91. The van der Waals surface area contributed by atoms with E-state index in [0.29, 0.717) is 0 Å². The smallest absolute Gasteiger partial charge is 0.0692 e. The van der Waals surface area contributed by atoms with Gasteiger partial charge in [0.05, 0.1) is 11.2 Å². The first-order valence-corrected chi connectivity index (χ1v) is 7.66. The van der Waals surface area contributed by atoms with Gasteiger partial charge in [-0.1, -0.05) is 27.7 Å². The number of hydrogen-bond acceptors (Lipinski definition) is 1. The monoisotopic (exact) mass is 238 g/mol. The van der Waals surface area contributed by atoms with Gasteiger partial charge in [0.15, 0.2) is 0 Å². The maximum atomic E-state index is 6.72. The average molecular weight is 238 g/mol. The first-order valence-electron chi connectivity index (χ1n) is 7.66. The molecule has 0 aromatic heterocycles. The van der Waals surface area contributed by atoms with Gasteiger partial charge in [-0.15, -0.1) is 0 Å². The summed E-state index contributed by atoms with van der Waals surface area (Å²) in [5, 5.41) is 0. The van der Waals surface area contributed by atoms with Crippen molar-refractivity contribution >= 4 is 0 Å². The predicted molar refractivity (Wildman–Crippen MR) is 73.2 cm³/mol. The van der Waals surface area contributed by atoms with E-state index in [9.17, 15) is 0 Å². The van der Waals surface area contributed by atoms with E-state index >= 15 is 0 Å². The van der Waals surface area contributed by atoms with Crippen molar-refractivity contribution in [1.82, 2.24) is 0 Å². The van der Waals surface area contributed by atoms with E-state index in [2.05, 4.69) is 27.7 Å². The van der Waals surface area contributed by atoms with E-state index in [-0.39, 0.29) is 11.2 Å². The maximum absolute atomic E-state index is 6.72. The Hall–Kier alpha value is -0.0400. The first-order chi connectivity index (χ1) is 7.95. The molecule has 2 aliphatic carbocycles. The van der Waals surface area contributed by atoms with Crippen molar-refractivity contribution in [3.63, 3.8) is 0 Å². The van der Waals surface area contributed by atoms with E-state index in [0.717, 1.165) is 11.8 Å². The Morgan fingerprint density at radius 2 is 1.12 bits per heavy atom. The summed E-state index contributed by atoms with van der Waals surface area (Å²) in [5.41, 5.74) is 0.535. The van der Waals surface area contributed by atoms with Crippen LogP contribution in [0.15, 0.2) is 0 Å². The zero-order valence-electron chi connectivity index (χ0n) is 12.2. The molecule has 2 aliphatic rings. The molecule has 0 radical (unpaired) electrons. The summed E-state index contributed by atoms with van der Waals surface area (Å²) in [5.74, 6) is 1.54. The van der Waals surface area contributed by atoms with Crippen LogP contribution < -0.4 is 0 Å². The van der Waals surface area contributed by atoms with Crippen LogP contribution >= 0.6 is 0 Å². The standard InChI is InChI=1S/C16H30O/c1-13(2)11-15(7-5-8-15)17-16(9-6-10-16)12-14(3)4/h13-14H,5-12H2,1-4H3. The molecule has 0 N–H and O–H groups in total. The minimum Gasteiger partial charge on any atom is -0.369 e. The normalized spacial score (nSPS) is 25.8. The summed E-state index contributed by atoms with van der Waals surface area (Å²) in [7, 11) is 0. The van der Waals surface area contributed by atoms with Crippen molar-refractivity contribution in [2.24, 2.45) is 11.8 Å². The predicted octanol–water partition coefficient (Wildman–Crippen LogP) is 4.94. The number of hydrogen-bond donors (Lipinski definition) is 0. The zero-order valence-corrected chi connectivity index (χ0v) is 12.2. The van der Waals surface area contributed by atoms with Crippen molar-refractivity contribution < 1.29 is 4.74 Å². The molecular weight excluding hydrogens is 208 g/mol. The second-order valence-electron chi connectivity index (χ2n) is 7.37. The van der Waals surface area contributed by atoms with Crippen LogP contribution in [-0.2, 0) is 4.74 Å². The van der Waals surface area contributed by atoms with Gasteiger partial charge in [-0.25, -0.2) is 0 Å². The zero-order chi connectivity index (χ0) is 12.5. The molecule has 0 aliphatic heterocycles. The van der Waals surface area contributed by atoms with Crippen LogP contribution in [0.5, 0.6) is 0 Å². The fraction of sp³-hybridized carbons (Fsp3) is 1.00. The Kier molecular flexibility index (Phi) is 3.87. The molecule has 0 amide bonds. The molecule has 0 saturated heterocycles. The van der Waals surface area contributed by atoms with Gasteiger partial charge < -0.3 is 4.74 Å². The molecule has 0 aromatic rings. The van der Waals surface area contributed by atoms with Gasteiger partial charge in [-0.05, 0) is 63.2 Å². The minimum absolute atomic E-state index is 0.267. The SMILES string of the molecule is CC(C)CC1(OC2(CC(C)C)CCC2)CCC1. The Morgan fingerprint density at radius 1 is 0.765 bits per heavy atom. The summed E-state index contributed by atoms with van der Waals surface area (Å²) in [6.45, 7) is 9.33. The van der Waals surface area contributed by atoms with Crippen LogP contribution in [0.4, 0.5) is 0 Å². The Balaban J connectivity index is 1.96. The van der Waals surface area contributed by atoms with Gasteiger partial charge in [0.1, 0.15) is 0 Å². The van der Waals surface area contributed by atoms with Gasteiger partial charge >= 0.3 is 0 Å². The molecule has 2 fully saturated rings. The molecule has 2 rings (SSSR count). The lowest BCUT2D eigenvalue weighted by atomic mass is 9.70. The van der Waals surface area contributed by atoms with E-state index in [1.54, 1.807) is 0 Å². The van der Waals surface area contributed by atoms with E-state index < -0.39 is 0 Å². The highest BCUT2D eigenvalue weighted by Crippen LogP contribution is 2.50. The number of ether oxygens (including phenoxy) is 1. The molecule has 2 saturated carbocycles. The summed E-state index contributed by atoms with van der Waals surface area (Å²) >= 11 is 0. The molecule has 0 aromatic carbocycles. The lowest BCUT2D eigenvalue weighted by Gasteiger charge is -2.54. The molecule has 0 spiro atoms. The van der Waals surface area contributed by atoms with Crippen LogP contribution in [0.1, 0.15) is 79.1 Å². The summed E-state index contributed by atoms with van der Waals surface area (Å²) in [4.78, 5) is 0. The Labute approximate surface area is 107 Å². The minimum atomic E-state index is 0.267. The van der Waals surface area contributed by atoms with Crippen molar-refractivity contribution in [2.75, 3.05) is 0 Å². The second-order valence-corrected chi connectivity index (χ2v) is 7.37. The van der Waals surface area contributed by atoms with E-state index in [4.69, 9.17) is 4.74 Å². The van der Waals surface area contributed by atoms with Gasteiger partial charge in [0.25, 0.3) is 0 Å². The highest BCUT2D eigenvalue weighted by molar-refractivity contribution is 4.98. The van der Waals surface area contributed by atoms with Gasteiger partial charge in [0.2, 0.25) is 0 Å². The molecule has 1 nitrogen and oxygen atoms in total. The van der Waals surface area contributed by atoms with E-state index in [1.165, 1.54) is 51.4 Å². The van der Waals surface area contributed by atoms with Crippen LogP contribution in [0.25, 0.3) is 0 Å². The maximum Gasteiger partial charge on any atom is 0.0692 e. The van der Waals surface area contributed by atoms with Crippen LogP contribution in [0.2, 0.25) is 0 Å². The molecule has 100 valence electrons. The average Bonchev–Trinajstić information content (AvgIpc) is 2.09. The fourth-order valence-corrected chi connectivity index (χ4v) is 3.79. The van der Waals surface area contributed by atoms with Gasteiger partial charge in [0, 0.05) is 0 Å². The van der Waals surface area contributed by atoms with Crippen molar-refractivity contribution in [3.05, 3.63) is 0 Å². The number of rotatable bonds is 6.